The van der Waals surface area contributed by atoms with Gasteiger partial charge in [0.15, 0.2) is 11.6 Å². The number of carboxylic acid groups (broad SMARTS) is 1. The van der Waals surface area contributed by atoms with E-state index in [1.54, 1.807) is 0 Å². The van der Waals surface area contributed by atoms with Crippen molar-refractivity contribution >= 4 is 33.4 Å². The molecule has 1 aromatic heterocycles. The van der Waals surface area contributed by atoms with Gasteiger partial charge in [-0.15, -0.1) is 0 Å². The Kier molecular flexibility index (Phi) is 3.75. The van der Waals surface area contributed by atoms with Crippen LogP contribution in [0.4, 0.5) is 20.3 Å². The molecular formula is C12H7BrF2N2O2. The van der Waals surface area contributed by atoms with E-state index in [2.05, 4.69) is 26.2 Å². The number of carbonyl (C=O) groups is 1. The van der Waals surface area contributed by atoms with Crippen molar-refractivity contribution in [3.63, 3.8) is 0 Å². The molecule has 0 saturated heterocycles. The number of hydrogen-bond acceptors (Lipinski definition) is 3. The van der Waals surface area contributed by atoms with Gasteiger partial charge in [-0.2, -0.15) is 0 Å². The van der Waals surface area contributed by atoms with Gasteiger partial charge in [0.2, 0.25) is 0 Å². The molecule has 0 aliphatic carbocycles. The van der Waals surface area contributed by atoms with E-state index >= 15 is 0 Å². The Bertz CT molecular complexity index is 650. The van der Waals surface area contributed by atoms with Crippen molar-refractivity contribution in [1.29, 1.82) is 0 Å². The minimum atomic E-state index is -1.39. The fourth-order valence-electron chi connectivity index (χ4n) is 1.41. The van der Waals surface area contributed by atoms with Gasteiger partial charge in [-0.05, 0) is 40.2 Å². The highest BCUT2D eigenvalue weighted by molar-refractivity contribution is 9.10. The lowest BCUT2D eigenvalue weighted by Crippen LogP contribution is -2.05. The average Bonchev–Trinajstić information content (AvgIpc) is 2.34. The monoisotopic (exact) mass is 328 g/mol. The van der Waals surface area contributed by atoms with Gasteiger partial charge in [0.25, 0.3) is 0 Å². The number of aromatic carboxylic acids is 1. The van der Waals surface area contributed by atoms with E-state index in [9.17, 15) is 13.6 Å². The number of rotatable bonds is 3. The number of pyridine rings is 1. The van der Waals surface area contributed by atoms with Gasteiger partial charge < -0.3 is 10.4 Å². The first kappa shape index (κ1) is 13.4. The number of aromatic nitrogens is 1. The molecule has 98 valence electrons. The van der Waals surface area contributed by atoms with Gasteiger partial charge in [0, 0.05) is 10.7 Å². The lowest BCUT2D eigenvalue weighted by Gasteiger charge is -2.09. The third-order valence-corrected chi connectivity index (χ3v) is 2.96. The molecule has 0 spiro atoms. The van der Waals surface area contributed by atoms with Crippen LogP contribution in [-0.4, -0.2) is 16.1 Å². The summed E-state index contributed by atoms with van der Waals surface area (Å²) in [5, 5.41) is 11.4. The molecule has 0 saturated carbocycles. The summed E-state index contributed by atoms with van der Waals surface area (Å²) in [4.78, 5) is 14.5. The second-order valence-electron chi connectivity index (χ2n) is 3.58. The summed E-state index contributed by atoms with van der Waals surface area (Å²) in [6, 6.07) is 4.82. The number of benzene rings is 1. The molecule has 0 aliphatic heterocycles. The zero-order chi connectivity index (χ0) is 14.0. The molecule has 0 bridgehead atoms. The van der Waals surface area contributed by atoms with Crippen molar-refractivity contribution in [1.82, 2.24) is 4.98 Å². The molecular weight excluding hydrogens is 322 g/mol. The molecule has 0 atom stereocenters. The smallest absolute Gasteiger partial charge is 0.338 e. The Morgan fingerprint density at radius 2 is 2.05 bits per heavy atom. The Hall–Kier alpha value is -2.02. The molecule has 1 aromatic carbocycles. The highest BCUT2D eigenvalue weighted by Crippen LogP contribution is 2.27. The third kappa shape index (κ3) is 2.87. The van der Waals surface area contributed by atoms with Crippen LogP contribution in [0.2, 0.25) is 0 Å². The van der Waals surface area contributed by atoms with Crippen LogP contribution >= 0.6 is 15.9 Å². The highest BCUT2D eigenvalue weighted by atomic mass is 79.9. The first-order valence-corrected chi connectivity index (χ1v) is 5.88. The summed E-state index contributed by atoms with van der Waals surface area (Å²) in [6.07, 6.45) is 1.17. The number of nitrogens with one attached hydrogen (secondary N) is 1. The molecule has 0 aliphatic rings. The number of carboxylic acids is 1. The number of anilines is 2. The molecule has 4 nitrogen and oxygen atoms in total. The van der Waals surface area contributed by atoms with Crippen LogP contribution in [-0.2, 0) is 0 Å². The summed E-state index contributed by atoms with van der Waals surface area (Å²) in [5.74, 6) is -3.07. The Labute approximate surface area is 115 Å². The molecule has 2 N–H and O–H groups in total. The van der Waals surface area contributed by atoms with Gasteiger partial charge in [0.05, 0.1) is 5.69 Å². The van der Waals surface area contributed by atoms with Crippen LogP contribution in [0, 0.1) is 11.6 Å². The van der Waals surface area contributed by atoms with E-state index in [0.29, 0.717) is 10.2 Å². The molecule has 2 rings (SSSR count). The fourth-order valence-corrected chi connectivity index (χ4v) is 1.86. The standard InChI is InChI=1S/C12H7BrF2N2O2/c13-8-5-6(14)1-2-9(8)17-11-10(15)7(12(18)19)3-4-16-11/h1-5H,(H,16,17)(H,18,19). The van der Waals surface area contributed by atoms with Gasteiger partial charge in [0.1, 0.15) is 11.4 Å². The summed E-state index contributed by atoms with van der Waals surface area (Å²) in [5.41, 5.74) is -0.119. The predicted octanol–water partition coefficient (Wildman–Crippen LogP) is 3.56. The minimum absolute atomic E-state index is 0.243. The van der Waals surface area contributed by atoms with E-state index in [0.717, 1.165) is 6.07 Å². The number of nitrogens with zero attached hydrogens (tertiary/aromatic N) is 1. The Balaban J connectivity index is 2.38. The maximum atomic E-state index is 13.8. The molecule has 7 heteroatoms. The molecule has 0 unspecified atom stereocenters. The second kappa shape index (κ2) is 5.31. The van der Waals surface area contributed by atoms with E-state index in [4.69, 9.17) is 5.11 Å². The van der Waals surface area contributed by atoms with Crippen molar-refractivity contribution in [3.8, 4) is 0 Å². The zero-order valence-electron chi connectivity index (χ0n) is 9.32. The number of halogens is 3. The van der Waals surface area contributed by atoms with Gasteiger partial charge in [-0.1, -0.05) is 0 Å². The van der Waals surface area contributed by atoms with E-state index < -0.39 is 23.2 Å². The van der Waals surface area contributed by atoms with Crippen molar-refractivity contribution in [2.24, 2.45) is 0 Å². The van der Waals surface area contributed by atoms with E-state index in [1.807, 2.05) is 0 Å². The van der Waals surface area contributed by atoms with Crippen molar-refractivity contribution in [2.45, 2.75) is 0 Å². The lowest BCUT2D eigenvalue weighted by atomic mass is 10.2. The summed E-state index contributed by atoms with van der Waals surface area (Å²) >= 11 is 3.11. The normalized spacial score (nSPS) is 10.3. The fraction of sp³-hybridized carbons (Fsp3) is 0. The van der Waals surface area contributed by atoms with Crippen LogP contribution in [0.15, 0.2) is 34.9 Å². The largest absolute Gasteiger partial charge is 0.478 e. The molecule has 0 radical (unpaired) electrons. The Morgan fingerprint density at radius 1 is 1.32 bits per heavy atom. The van der Waals surface area contributed by atoms with Crippen molar-refractivity contribution in [3.05, 3.63) is 52.1 Å². The third-order valence-electron chi connectivity index (χ3n) is 2.30. The summed E-state index contributed by atoms with van der Waals surface area (Å²) in [7, 11) is 0. The predicted molar refractivity (Wildman–Crippen MR) is 68.5 cm³/mol. The van der Waals surface area contributed by atoms with Crippen LogP contribution in [0.1, 0.15) is 10.4 Å². The minimum Gasteiger partial charge on any atom is -0.478 e. The second-order valence-corrected chi connectivity index (χ2v) is 4.43. The van der Waals surface area contributed by atoms with Gasteiger partial charge in [-0.25, -0.2) is 18.6 Å². The topological polar surface area (TPSA) is 62.2 Å². The van der Waals surface area contributed by atoms with Crippen LogP contribution in [0.3, 0.4) is 0 Å². The molecule has 2 aromatic rings. The average molecular weight is 329 g/mol. The summed E-state index contributed by atoms with van der Waals surface area (Å²) < 4.78 is 27.1. The van der Waals surface area contributed by atoms with Crippen molar-refractivity contribution in [2.75, 3.05) is 5.32 Å². The SMILES string of the molecule is O=C(O)c1ccnc(Nc2ccc(F)cc2Br)c1F. The van der Waals surface area contributed by atoms with Crippen LogP contribution < -0.4 is 5.32 Å². The van der Waals surface area contributed by atoms with Gasteiger partial charge >= 0.3 is 5.97 Å². The summed E-state index contributed by atoms with van der Waals surface area (Å²) in [6.45, 7) is 0. The van der Waals surface area contributed by atoms with Crippen molar-refractivity contribution < 1.29 is 18.7 Å². The van der Waals surface area contributed by atoms with Crippen LogP contribution in [0.25, 0.3) is 0 Å². The first-order chi connectivity index (χ1) is 8.99. The molecule has 19 heavy (non-hydrogen) atoms. The molecule has 0 amide bonds. The van der Waals surface area contributed by atoms with E-state index in [1.165, 1.54) is 24.4 Å². The number of hydrogen-bond donors (Lipinski definition) is 2. The first-order valence-electron chi connectivity index (χ1n) is 5.09. The zero-order valence-corrected chi connectivity index (χ0v) is 10.9. The highest BCUT2D eigenvalue weighted by Gasteiger charge is 2.15. The van der Waals surface area contributed by atoms with Gasteiger partial charge in [-0.3, -0.25) is 0 Å². The maximum absolute atomic E-state index is 13.8. The van der Waals surface area contributed by atoms with E-state index in [-0.39, 0.29) is 5.82 Å². The van der Waals surface area contributed by atoms with Crippen LogP contribution in [0.5, 0.6) is 0 Å². The quantitative estimate of drug-likeness (QED) is 0.904. The molecule has 1 heterocycles. The maximum Gasteiger partial charge on any atom is 0.338 e. The molecule has 0 fully saturated rings. The lowest BCUT2D eigenvalue weighted by molar-refractivity contribution is 0.0692. The Morgan fingerprint density at radius 3 is 2.68 bits per heavy atom.